The highest BCUT2D eigenvalue weighted by atomic mass is 16.6. The van der Waals surface area contributed by atoms with Crippen LogP contribution in [-0.2, 0) is 28.7 Å². The Hall–Kier alpha value is -2.72. The van der Waals surface area contributed by atoms with Gasteiger partial charge in [-0.05, 0) is 46.5 Å². The summed E-state index contributed by atoms with van der Waals surface area (Å²) in [7, 11) is 0. The van der Waals surface area contributed by atoms with E-state index in [1.807, 2.05) is 13.8 Å². The predicted molar refractivity (Wildman–Crippen MR) is 136 cm³/mol. The van der Waals surface area contributed by atoms with Gasteiger partial charge >= 0.3 is 5.97 Å². The Kier molecular flexibility index (Phi) is 9.52. The SMILES string of the molecule is C=CCCC(=O)NC[C@@H](C)OC(=O)[C@@H]1[C@H]2C(=O)N(CCCO)[C@H](C(=O)N(CC=C)C(C)C)[C@]23CC[C@H]1O3. The third-order valence-electron chi connectivity index (χ3n) is 7.58. The maximum absolute atomic E-state index is 13.9. The molecule has 0 unspecified atom stereocenters. The molecule has 3 amide bonds. The van der Waals surface area contributed by atoms with E-state index in [9.17, 15) is 24.3 Å². The largest absolute Gasteiger partial charge is 0.460 e. The number of likely N-dealkylation sites (tertiary alicyclic amines) is 1. The van der Waals surface area contributed by atoms with E-state index in [2.05, 4.69) is 18.5 Å². The summed E-state index contributed by atoms with van der Waals surface area (Å²) in [5.74, 6) is -2.94. The van der Waals surface area contributed by atoms with Gasteiger partial charge in [-0.2, -0.15) is 0 Å². The molecule has 0 aromatic heterocycles. The molecule has 3 aliphatic heterocycles. The van der Waals surface area contributed by atoms with E-state index < -0.39 is 41.7 Å². The first-order valence-corrected chi connectivity index (χ1v) is 13.2. The average Bonchev–Trinajstić information content (AvgIpc) is 3.50. The fourth-order valence-electron chi connectivity index (χ4n) is 5.93. The Morgan fingerprint density at radius 1 is 1.30 bits per heavy atom. The molecule has 3 saturated heterocycles. The minimum absolute atomic E-state index is 0.127. The van der Waals surface area contributed by atoms with Crippen molar-refractivity contribution in [2.45, 2.75) is 82.8 Å². The number of carbonyl (C=O) groups is 4. The standard InChI is InChI=1S/C27H41N3O7/c1-6-8-10-20(32)28-16-18(5)36-26(35)21-19-11-12-27(37-19)22(21)24(33)30(14-9-15-31)23(27)25(34)29(13-7-2)17(3)4/h6-7,17-19,21-23,31H,1-2,8-16H2,3-5H3,(H,28,32)/t18-,19-,21+,22+,23-,27+/m1/s1. The summed E-state index contributed by atoms with van der Waals surface area (Å²) in [5, 5.41) is 12.2. The second-order valence-corrected chi connectivity index (χ2v) is 10.4. The number of carbonyl (C=O) groups excluding carboxylic acids is 4. The van der Waals surface area contributed by atoms with Crippen LogP contribution < -0.4 is 5.32 Å². The fourth-order valence-corrected chi connectivity index (χ4v) is 5.93. The van der Waals surface area contributed by atoms with Gasteiger partial charge in [-0.1, -0.05) is 12.2 Å². The van der Waals surface area contributed by atoms with Crippen LogP contribution in [0.15, 0.2) is 25.3 Å². The lowest BCUT2D eigenvalue weighted by Crippen LogP contribution is -2.57. The molecular weight excluding hydrogens is 478 g/mol. The number of allylic oxidation sites excluding steroid dienone is 1. The highest BCUT2D eigenvalue weighted by Crippen LogP contribution is 2.58. The summed E-state index contributed by atoms with van der Waals surface area (Å²) < 4.78 is 12.0. The molecule has 10 heteroatoms. The molecule has 3 fully saturated rings. The van der Waals surface area contributed by atoms with Crippen LogP contribution in [0, 0.1) is 11.8 Å². The van der Waals surface area contributed by atoms with Crippen molar-refractivity contribution in [2.24, 2.45) is 11.8 Å². The monoisotopic (exact) mass is 519 g/mol. The zero-order chi connectivity index (χ0) is 27.3. The van der Waals surface area contributed by atoms with Crippen molar-refractivity contribution in [2.75, 3.05) is 26.2 Å². The van der Waals surface area contributed by atoms with Crippen molar-refractivity contribution in [3.05, 3.63) is 25.3 Å². The molecule has 6 atom stereocenters. The Morgan fingerprint density at radius 2 is 2.03 bits per heavy atom. The zero-order valence-electron chi connectivity index (χ0n) is 22.2. The Labute approximate surface area is 219 Å². The Morgan fingerprint density at radius 3 is 2.65 bits per heavy atom. The van der Waals surface area contributed by atoms with Gasteiger partial charge in [0.15, 0.2) is 0 Å². The maximum Gasteiger partial charge on any atom is 0.312 e. The molecule has 3 rings (SSSR count). The van der Waals surface area contributed by atoms with Crippen molar-refractivity contribution in [3.8, 4) is 0 Å². The fraction of sp³-hybridized carbons (Fsp3) is 0.704. The third kappa shape index (κ3) is 5.60. The van der Waals surface area contributed by atoms with E-state index in [1.54, 1.807) is 24.0 Å². The molecule has 10 nitrogen and oxygen atoms in total. The van der Waals surface area contributed by atoms with E-state index in [0.29, 0.717) is 38.6 Å². The molecule has 37 heavy (non-hydrogen) atoms. The maximum atomic E-state index is 13.9. The molecule has 1 spiro atoms. The van der Waals surface area contributed by atoms with Crippen LogP contribution in [0.4, 0.5) is 0 Å². The molecule has 0 aromatic rings. The number of hydrogen-bond acceptors (Lipinski definition) is 7. The molecule has 0 aliphatic carbocycles. The smallest absolute Gasteiger partial charge is 0.312 e. The number of nitrogens with zero attached hydrogens (tertiary/aromatic N) is 2. The van der Waals surface area contributed by atoms with Gasteiger partial charge < -0.3 is 29.7 Å². The number of fused-ring (bicyclic) bond motifs is 1. The number of nitrogens with one attached hydrogen (secondary N) is 1. The molecule has 3 heterocycles. The zero-order valence-corrected chi connectivity index (χ0v) is 22.2. The predicted octanol–water partition coefficient (Wildman–Crippen LogP) is 1.18. The van der Waals surface area contributed by atoms with E-state index >= 15 is 0 Å². The second kappa shape index (κ2) is 12.2. The van der Waals surface area contributed by atoms with E-state index in [4.69, 9.17) is 9.47 Å². The van der Waals surface area contributed by atoms with Gasteiger partial charge in [0.05, 0.1) is 24.5 Å². The Balaban J connectivity index is 1.82. The van der Waals surface area contributed by atoms with Crippen molar-refractivity contribution in [1.82, 2.24) is 15.1 Å². The van der Waals surface area contributed by atoms with Crippen LogP contribution >= 0.6 is 0 Å². The van der Waals surface area contributed by atoms with Crippen LogP contribution in [0.1, 0.15) is 52.9 Å². The van der Waals surface area contributed by atoms with Gasteiger partial charge in [0, 0.05) is 32.2 Å². The quantitative estimate of drug-likeness (QED) is 0.261. The van der Waals surface area contributed by atoms with Gasteiger partial charge in [-0.25, -0.2) is 0 Å². The number of hydrogen-bond donors (Lipinski definition) is 2. The third-order valence-corrected chi connectivity index (χ3v) is 7.58. The summed E-state index contributed by atoms with van der Waals surface area (Å²) in [6.07, 6.45) is 4.38. The average molecular weight is 520 g/mol. The lowest BCUT2D eigenvalue weighted by Gasteiger charge is -2.38. The first-order valence-electron chi connectivity index (χ1n) is 13.2. The number of aliphatic hydroxyl groups is 1. The van der Waals surface area contributed by atoms with Crippen LogP contribution in [0.25, 0.3) is 0 Å². The van der Waals surface area contributed by atoms with Gasteiger partial charge in [-0.15, -0.1) is 13.2 Å². The minimum atomic E-state index is -1.12. The molecule has 0 saturated carbocycles. The number of aliphatic hydroxyl groups excluding tert-OH is 1. The first kappa shape index (κ1) is 28.8. The van der Waals surface area contributed by atoms with Crippen molar-refractivity contribution >= 4 is 23.7 Å². The number of ether oxygens (including phenoxy) is 2. The van der Waals surface area contributed by atoms with Crippen LogP contribution in [0.5, 0.6) is 0 Å². The number of esters is 1. The lowest BCUT2D eigenvalue weighted by molar-refractivity contribution is -0.159. The van der Waals surface area contributed by atoms with Crippen molar-refractivity contribution in [1.29, 1.82) is 0 Å². The highest BCUT2D eigenvalue weighted by molar-refractivity contribution is 5.98. The van der Waals surface area contributed by atoms with Crippen LogP contribution in [0.2, 0.25) is 0 Å². The van der Waals surface area contributed by atoms with Gasteiger partial charge in [0.2, 0.25) is 17.7 Å². The highest BCUT2D eigenvalue weighted by Gasteiger charge is 2.75. The van der Waals surface area contributed by atoms with E-state index in [1.165, 1.54) is 4.90 Å². The molecule has 0 aromatic carbocycles. The molecule has 2 N–H and O–H groups in total. The topological polar surface area (TPSA) is 125 Å². The molecule has 206 valence electrons. The molecule has 0 radical (unpaired) electrons. The van der Waals surface area contributed by atoms with Gasteiger partial charge in [-0.3, -0.25) is 19.2 Å². The van der Waals surface area contributed by atoms with Crippen LogP contribution in [0.3, 0.4) is 0 Å². The summed E-state index contributed by atoms with van der Waals surface area (Å²) in [6, 6.07) is -1.01. The summed E-state index contributed by atoms with van der Waals surface area (Å²) >= 11 is 0. The van der Waals surface area contributed by atoms with Crippen LogP contribution in [-0.4, -0.2) is 94.7 Å². The van der Waals surface area contributed by atoms with Gasteiger partial charge in [0.1, 0.15) is 17.7 Å². The molecule has 3 aliphatic rings. The Bertz CT molecular complexity index is 906. The second-order valence-electron chi connectivity index (χ2n) is 10.4. The normalized spacial score (nSPS) is 28.7. The summed E-state index contributed by atoms with van der Waals surface area (Å²) in [6.45, 7) is 13.4. The van der Waals surface area contributed by atoms with Crippen molar-refractivity contribution < 1.29 is 33.8 Å². The number of rotatable bonds is 14. The first-order chi connectivity index (χ1) is 17.6. The summed E-state index contributed by atoms with van der Waals surface area (Å²) in [5.41, 5.74) is -1.12. The summed E-state index contributed by atoms with van der Waals surface area (Å²) in [4.78, 5) is 56.0. The lowest BCUT2D eigenvalue weighted by atomic mass is 9.70. The van der Waals surface area contributed by atoms with E-state index in [0.717, 1.165) is 0 Å². The molecule has 2 bridgehead atoms. The number of amides is 3. The minimum Gasteiger partial charge on any atom is -0.460 e. The van der Waals surface area contributed by atoms with E-state index in [-0.39, 0.29) is 43.5 Å². The van der Waals surface area contributed by atoms with Gasteiger partial charge in [0.25, 0.3) is 0 Å². The molecular formula is C27H41N3O7. The van der Waals surface area contributed by atoms with Crippen molar-refractivity contribution in [3.63, 3.8) is 0 Å².